The Hall–Kier alpha value is -3.73. The van der Waals surface area contributed by atoms with E-state index in [-0.39, 0.29) is 11.5 Å². The summed E-state index contributed by atoms with van der Waals surface area (Å²) in [6.07, 6.45) is 4.91. The first kappa shape index (κ1) is 17.7. The lowest BCUT2D eigenvalue weighted by atomic mass is 10.1. The molecule has 1 amide bonds. The van der Waals surface area contributed by atoms with Crippen molar-refractivity contribution in [3.05, 3.63) is 88.9 Å². The zero-order valence-corrected chi connectivity index (χ0v) is 15.6. The number of anilines is 1. The van der Waals surface area contributed by atoms with Crippen LogP contribution in [-0.4, -0.2) is 15.5 Å². The van der Waals surface area contributed by atoms with Crippen molar-refractivity contribution in [1.82, 2.24) is 9.55 Å². The second-order valence-corrected chi connectivity index (χ2v) is 6.63. The molecule has 0 bridgehead atoms. The number of nitrogens with zero attached hydrogens (tertiary/aromatic N) is 2. The average molecular weight is 369 g/mol. The lowest BCUT2D eigenvalue weighted by Gasteiger charge is -2.14. The van der Waals surface area contributed by atoms with Crippen LogP contribution in [0.5, 0.6) is 0 Å². The predicted molar refractivity (Wildman–Crippen MR) is 113 cm³/mol. The summed E-state index contributed by atoms with van der Waals surface area (Å²) < 4.78 is 1.67. The monoisotopic (exact) mass is 369 g/mol. The normalized spacial score (nSPS) is 11.4. The maximum absolute atomic E-state index is 12.8. The lowest BCUT2D eigenvalue weighted by Crippen LogP contribution is -2.18. The number of aryl methyl sites for hydroxylation is 1. The molecule has 0 aliphatic rings. The minimum Gasteiger partial charge on any atom is -0.322 e. The number of hydrogen-bond acceptors (Lipinski definition) is 3. The molecule has 0 radical (unpaired) electrons. The number of rotatable bonds is 3. The van der Waals surface area contributed by atoms with Crippen LogP contribution in [0, 0.1) is 6.92 Å². The highest BCUT2D eigenvalue weighted by atomic mass is 16.1. The third-order valence-electron chi connectivity index (χ3n) is 4.56. The summed E-state index contributed by atoms with van der Waals surface area (Å²) in [6.45, 7) is 3.80. The van der Waals surface area contributed by atoms with E-state index >= 15 is 0 Å². The Balaban J connectivity index is 1.99. The molecule has 0 spiro atoms. The van der Waals surface area contributed by atoms with Gasteiger partial charge in [0.1, 0.15) is 0 Å². The van der Waals surface area contributed by atoms with E-state index in [9.17, 15) is 9.59 Å². The van der Waals surface area contributed by atoms with Gasteiger partial charge in [-0.25, -0.2) is 0 Å². The molecule has 28 heavy (non-hydrogen) atoms. The van der Waals surface area contributed by atoms with Crippen LogP contribution in [0.15, 0.2) is 77.7 Å². The van der Waals surface area contributed by atoms with E-state index in [4.69, 9.17) is 0 Å². The molecule has 0 saturated carbocycles. The van der Waals surface area contributed by atoms with Crippen molar-refractivity contribution < 1.29 is 4.79 Å². The highest BCUT2D eigenvalue weighted by Gasteiger charge is 2.11. The third kappa shape index (κ3) is 3.18. The SMILES string of the molecule is C/C=C/C(=O)Nc1cccc(-n2c(=O)ccc3cnc4ccc(C)cc4c32)c1. The molecule has 0 aliphatic carbocycles. The zero-order chi connectivity index (χ0) is 19.7. The standard InChI is InChI=1S/C23H19N3O2/c1-3-5-21(27)25-17-6-4-7-18(13-17)26-22(28)11-9-16-14-24-20-10-8-15(2)12-19(20)23(16)26/h3-14H,1-2H3,(H,25,27)/b5-3+. The largest absolute Gasteiger partial charge is 0.322 e. The number of pyridine rings is 2. The second kappa shape index (κ2) is 7.12. The number of allylic oxidation sites excluding steroid dienone is 1. The Morgan fingerprint density at radius 1 is 1.11 bits per heavy atom. The van der Waals surface area contributed by atoms with E-state index in [0.717, 1.165) is 27.4 Å². The second-order valence-electron chi connectivity index (χ2n) is 6.63. The van der Waals surface area contributed by atoms with Crippen molar-refractivity contribution in [2.75, 3.05) is 5.32 Å². The molecule has 0 saturated heterocycles. The fourth-order valence-corrected chi connectivity index (χ4v) is 3.34. The molecule has 0 fully saturated rings. The summed E-state index contributed by atoms with van der Waals surface area (Å²) in [4.78, 5) is 29.2. The minimum absolute atomic E-state index is 0.140. The van der Waals surface area contributed by atoms with Crippen LogP contribution in [0.1, 0.15) is 12.5 Å². The van der Waals surface area contributed by atoms with Crippen LogP contribution in [0.4, 0.5) is 5.69 Å². The molecule has 5 nitrogen and oxygen atoms in total. The van der Waals surface area contributed by atoms with Gasteiger partial charge in [0, 0.05) is 28.7 Å². The van der Waals surface area contributed by atoms with Crippen molar-refractivity contribution in [2.24, 2.45) is 0 Å². The third-order valence-corrected chi connectivity index (χ3v) is 4.56. The summed E-state index contributed by atoms with van der Waals surface area (Å²) in [6, 6.07) is 16.6. The molecule has 1 N–H and O–H groups in total. The maximum atomic E-state index is 12.8. The molecule has 0 aliphatic heterocycles. The van der Waals surface area contributed by atoms with Gasteiger partial charge < -0.3 is 5.32 Å². The topological polar surface area (TPSA) is 64.0 Å². The summed E-state index contributed by atoms with van der Waals surface area (Å²) in [5.41, 5.74) is 3.89. The average Bonchev–Trinajstić information content (AvgIpc) is 2.68. The highest BCUT2D eigenvalue weighted by Crippen LogP contribution is 2.26. The summed E-state index contributed by atoms with van der Waals surface area (Å²) in [5.74, 6) is -0.213. The Morgan fingerprint density at radius 2 is 1.96 bits per heavy atom. The Kier molecular flexibility index (Phi) is 4.49. The number of fused-ring (bicyclic) bond motifs is 3. The first-order chi connectivity index (χ1) is 13.6. The molecule has 4 aromatic rings. The first-order valence-electron chi connectivity index (χ1n) is 9.02. The Labute approximate surface area is 162 Å². The van der Waals surface area contributed by atoms with E-state index < -0.39 is 0 Å². The zero-order valence-electron chi connectivity index (χ0n) is 15.6. The van der Waals surface area contributed by atoms with Gasteiger partial charge in [0.25, 0.3) is 5.56 Å². The molecule has 138 valence electrons. The lowest BCUT2D eigenvalue weighted by molar-refractivity contribution is -0.111. The number of aromatic nitrogens is 2. The minimum atomic E-state index is -0.213. The predicted octanol–water partition coefficient (Wildman–Crippen LogP) is 4.36. The van der Waals surface area contributed by atoms with Gasteiger partial charge in [-0.2, -0.15) is 0 Å². The summed E-state index contributed by atoms with van der Waals surface area (Å²) in [5, 5.41) is 4.60. The van der Waals surface area contributed by atoms with Crippen molar-refractivity contribution in [1.29, 1.82) is 0 Å². The van der Waals surface area contributed by atoms with Gasteiger partial charge in [0.2, 0.25) is 5.91 Å². The molecule has 2 aromatic heterocycles. The van der Waals surface area contributed by atoms with E-state index in [0.29, 0.717) is 11.4 Å². The molecule has 2 heterocycles. The Morgan fingerprint density at radius 3 is 2.79 bits per heavy atom. The molecular formula is C23H19N3O2. The van der Waals surface area contributed by atoms with Crippen LogP contribution in [0.3, 0.4) is 0 Å². The van der Waals surface area contributed by atoms with Crippen LogP contribution in [-0.2, 0) is 4.79 Å². The molecule has 4 rings (SSSR count). The number of carbonyl (C=O) groups is 1. The van der Waals surface area contributed by atoms with Crippen molar-refractivity contribution in [3.63, 3.8) is 0 Å². The van der Waals surface area contributed by atoms with E-state index in [1.165, 1.54) is 12.1 Å². The molecule has 2 aromatic carbocycles. The first-order valence-corrected chi connectivity index (χ1v) is 9.02. The fourth-order valence-electron chi connectivity index (χ4n) is 3.34. The summed E-state index contributed by atoms with van der Waals surface area (Å²) >= 11 is 0. The maximum Gasteiger partial charge on any atom is 0.255 e. The van der Waals surface area contributed by atoms with Gasteiger partial charge in [0.05, 0.1) is 16.7 Å². The number of hydrogen-bond donors (Lipinski definition) is 1. The van der Waals surface area contributed by atoms with E-state index in [2.05, 4.69) is 10.3 Å². The van der Waals surface area contributed by atoms with Gasteiger partial charge in [-0.05, 0) is 56.3 Å². The molecular weight excluding hydrogens is 350 g/mol. The van der Waals surface area contributed by atoms with Crippen LogP contribution in [0.2, 0.25) is 0 Å². The van der Waals surface area contributed by atoms with Crippen molar-refractivity contribution in [3.8, 4) is 5.69 Å². The van der Waals surface area contributed by atoms with Gasteiger partial charge in [0.15, 0.2) is 0 Å². The Bertz CT molecular complexity index is 1300. The smallest absolute Gasteiger partial charge is 0.255 e. The highest BCUT2D eigenvalue weighted by molar-refractivity contribution is 6.04. The van der Waals surface area contributed by atoms with Crippen LogP contribution < -0.4 is 10.9 Å². The molecule has 0 atom stereocenters. The number of benzene rings is 2. The quantitative estimate of drug-likeness (QED) is 0.431. The molecule has 5 heteroatoms. The fraction of sp³-hybridized carbons (Fsp3) is 0.0870. The van der Waals surface area contributed by atoms with Crippen LogP contribution in [0.25, 0.3) is 27.5 Å². The summed E-state index contributed by atoms with van der Waals surface area (Å²) in [7, 11) is 0. The van der Waals surface area contributed by atoms with Gasteiger partial charge >= 0.3 is 0 Å². The van der Waals surface area contributed by atoms with E-state index in [1.807, 2.05) is 37.3 Å². The number of amides is 1. The van der Waals surface area contributed by atoms with Gasteiger partial charge in [-0.1, -0.05) is 23.8 Å². The van der Waals surface area contributed by atoms with Gasteiger partial charge in [-0.3, -0.25) is 19.1 Å². The van der Waals surface area contributed by atoms with E-state index in [1.54, 1.807) is 42.0 Å². The van der Waals surface area contributed by atoms with Crippen molar-refractivity contribution in [2.45, 2.75) is 13.8 Å². The van der Waals surface area contributed by atoms with Crippen LogP contribution >= 0.6 is 0 Å². The number of nitrogens with one attached hydrogen (secondary N) is 1. The van der Waals surface area contributed by atoms with Gasteiger partial charge in [-0.15, -0.1) is 0 Å². The number of carbonyl (C=O) groups excluding carboxylic acids is 1. The van der Waals surface area contributed by atoms with Crippen molar-refractivity contribution >= 4 is 33.4 Å². The molecule has 0 unspecified atom stereocenters.